The van der Waals surface area contributed by atoms with E-state index in [0.29, 0.717) is 5.69 Å². The van der Waals surface area contributed by atoms with Gasteiger partial charge in [-0.05, 0) is 30.3 Å². The fourth-order valence-corrected chi connectivity index (χ4v) is 1.92. The Morgan fingerprint density at radius 2 is 2.15 bits per heavy atom. The molecule has 3 aromatic rings. The summed E-state index contributed by atoms with van der Waals surface area (Å²) in [5, 5.41) is 8.87. The number of hydrogen-bond donors (Lipinski definition) is 0. The van der Waals surface area contributed by atoms with Crippen LogP contribution in [0.1, 0.15) is 5.56 Å². The highest BCUT2D eigenvalue weighted by Gasteiger charge is 2.06. The molecule has 0 aliphatic carbocycles. The van der Waals surface area contributed by atoms with Gasteiger partial charge >= 0.3 is 0 Å². The van der Waals surface area contributed by atoms with Crippen molar-refractivity contribution in [2.45, 2.75) is 0 Å². The first-order valence-corrected chi connectivity index (χ1v) is 5.92. The Hall–Kier alpha value is -3.00. The van der Waals surface area contributed by atoms with Crippen molar-refractivity contribution in [3.05, 3.63) is 66.6 Å². The zero-order valence-electron chi connectivity index (χ0n) is 10.4. The third kappa shape index (κ3) is 2.27. The van der Waals surface area contributed by atoms with Crippen LogP contribution in [0, 0.1) is 17.1 Å². The minimum absolute atomic E-state index is 0.275. The van der Waals surface area contributed by atoms with Crippen LogP contribution in [0.5, 0.6) is 0 Å². The van der Waals surface area contributed by atoms with Crippen molar-refractivity contribution >= 4 is 0 Å². The molecular formula is C15H9FN4. The SMILES string of the molecule is N#Cc1cc(F)cc(-n2cnc(-c3cccnc3)c2)c1. The highest BCUT2D eigenvalue weighted by molar-refractivity contribution is 5.57. The minimum Gasteiger partial charge on any atom is -0.306 e. The zero-order chi connectivity index (χ0) is 13.9. The molecular weight excluding hydrogens is 255 g/mol. The van der Waals surface area contributed by atoms with Crippen LogP contribution < -0.4 is 0 Å². The lowest BCUT2D eigenvalue weighted by Crippen LogP contribution is -1.92. The zero-order valence-corrected chi connectivity index (χ0v) is 10.4. The number of rotatable bonds is 2. The van der Waals surface area contributed by atoms with Gasteiger partial charge in [-0.2, -0.15) is 5.26 Å². The quantitative estimate of drug-likeness (QED) is 0.715. The Labute approximate surface area is 114 Å². The summed E-state index contributed by atoms with van der Waals surface area (Å²) in [7, 11) is 0. The van der Waals surface area contributed by atoms with Gasteiger partial charge in [-0.3, -0.25) is 4.98 Å². The summed E-state index contributed by atoms with van der Waals surface area (Å²) in [5.74, 6) is -0.448. The molecule has 0 radical (unpaired) electrons. The lowest BCUT2D eigenvalue weighted by atomic mass is 10.2. The lowest BCUT2D eigenvalue weighted by Gasteiger charge is -2.02. The van der Waals surface area contributed by atoms with Gasteiger partial charge in [0.05, 0.1) is 29.3 Å². The first kappa shape index (κ1) is 12.1. The molecule has 0 N–H and O–H groups in total. The van der Waals surface area contributed by atoms with Gasteiger partial charge in [0.1, 0.15) is 5.82 Å². The number of nitriles is 1. The monoisotopic (exact) mass is 264 g/mol. The average Bonchev–Trinajstić information content (AvgIpc) is 2.97. The smallest absolute Gasteiger partial charge is 0.126 e. The molecule has 0 atom stereocenters. The van der Waals surface area contributed by atoms with Crippen LogP contribution in [-0.4, -0.2) is 14.5 Å². The first-order valence-electron chi connectivity index (χ1n) is 5.92. The maximum atomic E-state index is 13.4. The second kappa shape index (κ2) is 4.94. The molecule has 2 heterocycles. The van der Waals surface area contributed by atoms with Gasteiger partial charge in [-0.15, -0.1) is 0 Å². The molecule has 20 heavy (non-hydrogen) atoms. The van der Waals surface area contributed by atoms with Crippen molar-refractivity contribution in [3.8, 4) is 23.0 Å². The molecule has 0 fully saturated rings. The van der Waals surface area contributed by atoms with E-state index in [4.69, 9.17) is 5.26 Å². The van der Waals surface area contributed by atoms with Crippen LogP contribution >= 0.6 is 0 Å². The third-order valence-corrected chi connectivity index (χ3v) is 2.85. The fourth-order valence-electron chi connectivity index (χ4n) is 1.92. The number of benzene rings is 1. The molecule has 0 aliphatic rings. The van der Waals surface area contributed by atoms with Crippen molar-refractivity contribution in [3.63, 3.8) is 0 Å². The summed E-state index contributed by atoms with van der Waals surface area (Å²) < 4.78 is 15.1. The molecule has 5 heteroatoms. The molecule has 0 aliphatic heterocycles. The van der Waals surface area contributed by atoms with E-state index in [1.54, 1.807) is 35.6 Å². The van der Waals surface area contributed by atoms with Crippen LogP contribution in [0.4, 0.5) is 4.39 Å². The summed E-state index contributed by atoms with van der Waals surface area (Å²) in [5.41, 5.74) is 2.45. The Morgan fingerprint density at radius 1 is 1.25 bits per heavy atom. The molecule has 0 saturated carbocycles. The number of halogens is 1. The van der Waals surface area contributed by atoms with E-state index in [-0.39, 0.29) is 5.56 Å². The van der Waals surface area contributed by atoms with E-state index in [9.17, 15) is 4.39 Å². The molecule has 4 nitrogen and oxygen atoms in total. The largest absolute Gasteiger partial charge is 0.306 e. The summed E-state index contributed by atoms with van der Waals surface area (Å²) in [4.78, 5) is 8.30. The highest BCUT2D eigenvalue weighted by atomic mass is 19.1. The van der Waals surface area contributed by atoms with Gasteiger partial charge in [-0.25, -0.2) is 9.37 Å². The molecule has 0 amide bonds. The minimum atomic E-state index is -0.448. The van der Waals surface area contributed by atoms with Crippen molar-refractivity contribution in [1.29, 1.82) is 5.26 Å². The van der Waals surface area contributed by atoms with Crippen molar-refractivity contribution in [2.24, 2.45) is 0 Å². The third-order valence-electron chi connectivity index (χ3n) is 2.85. The molecule has 2 aromatic heterocycles. The predicted molar refractivity (Wildman–Crippen MR) is 71.5 cm³/mol. The first-order chi connectivity index (χ1) is 9.76. The van der Waals surface area contributed by atoms with E-state index in [0.717, 1.165) is 11.3 Å². The van der Waals surface area contributed by atoms with E-state index in [2.05, 4.69) is 9.97 Å². The van der Waals surface area contributed by atoms with E-state index in [1.807, 2.05) is 18.2 Å². The van der Waals surface area contributed by atoms with Gasteiger partial charge in [0.25, 0.3) is 0 Å². The maximum absolute atomic E-state index is 13.4. The van der Waals surface area contributed by atoms with Crippen molar-refractivity contribution in [1.82, 2.24) is 14.5 Å². The van der Waals surface area contributed by atoms with Crippen LogP contribution in [0.25, 0.3) is 16.9 Å². The Kier molecular flexibility index (Phi) is 2.98. The number of imidazole rings is 1. The van der Waals surface area contributed by atoms with E-state index in [1.165, 1.54) is 12.1 Å². The molecule has 0 saturated heterocycles. The van der Waals surface area contributed by atoms with Gasteiger partial charge in [-0.1, -0.05) is 0 Å². The number of hydrogen-bond acceptors (Lipinski definition) is 3. The second-order valence-electron chi connectivity index (χ2n) is 4.22. The Bertz CT molecular complexity index is 787. The van der Waals surface area contributed by atoms with Gasteiger partial charge in [0.15, 0.2) is 0 Å². The molecule has 0 spiro atoms. The van der Waals surface area contributed by atoms with Crippen LogP contribution in [0.2, 0.25) is 0 Å². The molecule has 1 aromatic carbocycles. The number of nitrogens with zero attached hydrogens (tertiary/aromatic N) is 4. The van der Waals surface area contributed by atoms with Crippen molar-refractivity contribution < 1.29 is 4.39 Å². The summed E-state index contributed by atoms with van der Waals surface area (Å²) in [6.07, 6.45) is 6.75. The number of pyridine rings is 1. The van der Waals surface area contributed by atoms with Gasteiger partial charge < -0.3 is 4.57 Å². The maximum Gasteiger partial charge on any atom is 0.126 e. The highest BCUT2D eigenvalue weighted by Crippen LogP contribution is 2.19. The molecule has 0 bridgehead atoms. The van der Waals surface area contributed by atoms with Crippen molar-refractivity contribution in [2.75, 3.05) is 0 Å². The predicted octanol–water partition coefficient (Wildman–Crippen LogP) is 2.95. The average molecular weight is 264 g/mol. The Balaban J connectivity index is 2.03. The summed E-state index contributed by atoms with van der Waals surface area (Å²) in [6.45, 7) is 0. The van der Waals surface area contributed by atoms with Crippen LogP contribution in [-0.2, 0) is 0 Å². The fraction of sp³-hybridized carbons (Fsp3) is 0. The topological polar surface area (TPSA) is 54.5 Å². The second-order valence-corrected chi connectivity index (χ2v) is 4.22. The normalized spacial score (nSPS) is 10.2. The number of aromatic nitrogens is 3. The van der Waals surface area contributed by atoms with E-state index >= 15 is 0 Å². The molecule has 3 rings (SSSR count). The summed E-state index contributed by atoms with van der Waals surface area (Å²) >= 11 is 0. The van der Waals surface area contributed by atoms with Crippen LogP contribution in [0.15, 0.2) is 55.2 Å². The molecule has 0 unspecified atom stereocenters. The van der Waals surface area contributed by atoms with E-state index < -0.39 is 5.82 Å². The van der Waals surface area contributed by atoms with Gasteiger partial charge in [0, 0.05) is 24.2 Å². The van der Waals surface area contributed by atoms with Gasteiger partial charge in [0.2, 0.25) is 0 Å². The Morgan fingerprint density at radius 3 is 2.90 bits per heavy atom. The lowest BCUT2D eigenvalue weighted by molar-refractivity contribution is 0.626. The standard InChI is InChI=1S/C15H9FN4/c16-13-4-11(7-17)5-14(6-13)20-9-15(19-10-20)12-2-1-3-18-8-12/h1-6,8-10H. The molecule has 96 valence electrons. The van der Waals surface area contributed by atoms with Crippen LogP contribution in [0.3, 0.4) is 0 Å². The summed E-state index contributed by atoms with van der Waals surface area (Å²) in [6, 6.07) is 9.81.